The molecule has 5 rings (SSSR count). The van der Waals surface area contributed by atoms with Crippen molar-refractivity contribution < 1.29 is 28.6 Å². The Balaban J connectivity index is 1.54. The molecule has 0 aliphatic carbocycles. The first-order chi connectivity index (χ1) is 19.8. The van der Waals surface area contributed by atoms with Crippen LogP contribution < -0.4 is 9.64 Å². The van der Waals surface area contributed by atoms with E-state index in [1.54, 1.807) is 35.2 Å². The Bertz CT molecular complexity index is 1530. The molecule has 2 fully saturated rings. The number of fused-ring (bicyclic) bond motifs is 1. The van der Waals surface area contributed by atoms with Gasteiger partial charge in [-0.1, -0.05) is 15.9 Å². The minimum absolute atomic E-state index is 0.0144. The smallest absolute Gasteiger partial charge is 0.325 e. The van der Waals surface area contributed by atoms with Crippen LogP contribution in [0.25, 0.3) is 17.0 Å². The number of benzene rings is 2. The van der Waals surface area contributed by atoms with Gasteiger partial charge in [-0.15, -0.1) is 0 Å². The highest BCUT2D eigenvalue weighted by atomic mass is 79.9. The van der Waals surface area contributed by atoms with Gasteiger partial charge < -0.3 is 28.6 Å². The lowest BCUT2D eigenvalue weighted by Crippen LogP contribution is -2.42. The standard InChI is InChI=1S/C29H29BrN4O6S/c1-3-40-22-7-5-21(6-8-22)34-28(37)25(33(29(34)41)18-27(36)38-2)14-19-16-32(24-9-4-20(30)15-23(19)24)17-26(35)31-10-12-39-13-11-31/h4-9,14-16H,3,10-13,17-18H2,1-2H3/b25-14-. The number of carbonyl (C=O) groups excluding carboxylic acids is 3. The van der Waals surface area contributed by atoms with Gasteiger partial charge in [0.05, 0.1) is 32.6 Å². The van der Waals surface area contributed by atoms with Crippen molar-refractivity contribution in [3.05, 3.63) is 64.4 Å². The third-order valence-corrected chi connectivity index (χ3v) is 7.79. The Kier molecular flexibility index (Phi) is 8.71. The molecule has 2 saturated heterocycles. The molecule has 0 bridgehead atoms. The summed E-state index contributed by atoms with van der Waals surface area (Å²) in [7, 11) is 1.29. The number of esters is 1. The summed E-state index contributed by atoms with van der Waals surface area (Å²) in [4.78, 5) is 43.9. The quantitative estimate of drug-likeness (QED) is 0.209. The number of hydrogen-bond donors (Lipinski definition) is 0. The van der Waals surface area contributed by atoms with E-state index < -0.39 is 5.97 Å². The van der Waals surface area contributed by atoms with E-state index in [1.807, 2.05) is 35.9 Å². The fourth-order valence-corrected chi connectivity index (χ4v) is 5.57. The second-order valence-electron chi connectivity index (χ2n) is 9.41. The fraction of sp³-hybridized carbons (Fsp3) is 0.310. The van der Waals surface area contributed by atoms with E-state index >= 15 is 0 Å². The molecule has 0 radical (unpaired) electrons. The number of aromatic nitrogens is 1. The van der Waals surface area contributed by atoms with Gasteiger partial charge in [0.25, 0.3) is 5.91 Å². The topological polar surface area (TPSA) is 93.5 Å². The molecule has 0 atom stereocenters. The highest BCUT2D eigenvalue weighted by molar-refractivity contribution is 9.10. The number of anilines is 1. The number of hydrogen-bond acceptors (Lipinski definition) is 7. The summed E-state index contributed by atoms with van der Waals surface area (Å²) in [6.07, 6.45) is 3.55. The van der Waals surface area contributed by atoms with Crippen molar-refractivity contribution in [3.8, 4) is 5.75 Å². The van der Waals surface area contributed by atoms with Gasteiger partial charge in [0.2, 0.25) is 5.91 Å². The van der Waals surface area contributed by atoms with Crippen LogP contribution in [0, 0.1) is 0 Å². The minimum Gasteiger partial charge on any atom is -0.494 e. The molecular formula is C29H29BrN4O6S. The molecule has 2 aliphatic rings. The van der Waals surface area contributed by atoms with Crippen molar-refractivity contribution in [3.63, 3.8) is 0 Å². The SMILES string of the molecule is CCOc1ccc(N2C(=O)/C(=C/c3cn(CC(=O)N4CCOCC4)c4ccc(Br)cc34)N(CC(=O)OC)C2=S)cc1. The van der Waals surface area contributed by atoms with Gasteiger partial charge in [-0.25, -0.2) is 0 Å². The zero-order valence-corrected chi connectivity index (χ0v) is 25.1. The maximum absolute atomic E-state index is 13.9. The predicted molar refractivity (Wildman–Crippen MR) is 161 cm³/mol. The van der Waals surface area contributed by atoms with Gasteiger partial charge in [-0.2, -0.15) is 0 Å². The summed E-state index contributed by atoms with van der Waals surface area (Å²) in [6.45, 7) is 4.45. The summed E-state index contributed by atoms with van der Waals surface area (Å²) < 4.78 is 18.5. The second kappa shape index (κ2) is 12.4. The number of carbonyl (C=O) groups is 3. The van der Waals surface area contributed by atoms with Gasteiger partial charge in [0.15, 0.2) is 5.11 Å². The van der Waals surface area contributed by atoms with Crippen molar-refractivity contribution in [1.29, 1.82) is 0 Å². The van der Waals surface area contributed by atoms with Gasteiger partial charge >= 0.3 is 5.97 Å². The molecule has 0 spiro atoms. The average Bonchev–Trinajstić information content (AvgIpc) is 3.42. The van der Waals surface area contributed by atoms with Crippen molar-refractivity contribution in [1.82, 2.24) is 14.4 Å². The minimum atomic E-state index is -0.541. The van der Waals surface area contributed by atoms with Crippen molar-refractivity contribution in [2.45, 2.75) is 13.5 Å². The number of rotatable bonds is 8. The van der Waals surface area contributed by atoms with Crippen LogP contribution in [0.5, 0.6) is 5.75 Å². The Morgan fingerprint density at radius 3 is 2.51 bits per heavy atom. The fourth-order valence-electron chi connectivity index (χ4n) is 4.86. The van der Waals surface area contributed by atoms with Crippen LogP contribution in [-0.2, 0) is 30.4 Å². The van der Waals surface area contributed by atoms with E-state index in [-0.39, 0.29) is 35.7 Å². The third-order valence-electron chi connectivity index (χ3n) is 6.89. The second-order valence-corrected chi connectivity index (χ2v) is 10.7. The third kappa shape index (κ3) is 5.99. The summed E-state index contributed by atoms with van der Waals surface area (Å²) in [5, 5.41) is 0.987. The number of halogens is 1. The molecular weight excluding hydrogens is 612 g/mol. The normalized spacial score (nSPS) is 16.7. The Labute approximate surface area is 251 Å². The maximum atomic E-state index is 13.9. The molecule has 12 heteroatoms. The predicted octanol–water partition coefficient (Wildman–Crippen LogP) is 3.81. The van der Waals surface area contributed by atoms with Gasteiger partial charge in [0, 0.05) is 40.2 Å². The van der Waals surface area contributed by atoms with E-state index in [2.05, 4.69) is 15.9 Å². The lowest BCUT2D eigenvalue weighted by atomic mass is 10.1. The Hall–Kier alpha value is -3.74. The molecule has 10 nitrogen and oxygen atoms in total. The molecule has 2 amide bonds. The first kappa shape index (κ1) is 28.8. The number of ether oxygens (including phenoxy) is 3. The van der Waals surface area contributed by atoms with E-state index in [0.717, 1.165) is 15.4 Å². The lowest BCUT2D eigenvalue weighted by molar-refractivity contribution is -0.140. The molecule has 0 N–H and O–H groups in total. The van der Waals surface area contributed by atoms with Crippen LogP contribution in [0.1, 0.15) is 12.5 Å². The first-order valence-electron chi connectivity index (χ1n) is 13.1. The Morgan fingerprint density at radius 1 is 1.10 bits per heavy atom. The van der Waals surface area contributed by atoms with E-state index in [1.165, 1.54) is 16.9 Å². The summed E-state index contributed by atoms with van der Waals surface area (Å²) in [6, 6.07) is 12.8. The molecule has 214 valence electrons. The summed E-state index contributed by atoms with van der Waals surface area (Å²) in [5.41, 5.74) is 2.29. The van der Waals surface area contributed by atoms with E-state index in [4.69, 9.17) is 26.4 Å². The number of thiocarbonyl (C=S) groups is 1. The van der Waals surface area contributed by atoms with Crippen LogP contribution in [-0.4, -0.2) is 83.8 Å². The van der Waals surface area contributed by atoms with Crippen LogP contribution in [0.15, 0.2) is 58.8 Å². The molecule has 2 aromatic carbocycles. The lowest BCUT2D eigenvalue weighted by Gasteiger charge is -2.27. The molecule has 0 unspecified atom stereocenters. The van der Waals surface area contributed by atoms with Crippen molar-refractivity contribution in [2.75, 3.05) is 51.5 Å². The average molecular weight is 642 g/mol. The number of nitrogens with zero attached hydrogens (tertiary/aromatic N) is 4. The molecule has 2 aliphatic heterocycles. The van der Waals surface area contributed by atoms with Crippen LogP contribution in [0.2, 0.25) is 0 Å². The largest absolute Gasteiger partial charge is 0.494 e. The van der Waals surface area contributed by atoms with E-state index in [0.29, 0.717) is 49.9 Å². The zero-order valence-electron chi connectivity index (χ0n) is 22.7. The number of methoxy groups -OCH3 is 1. The zero-order chi connectivity index (χ0) is 29.1. The molecule has 3 heterocycles. The summed E-state index contributed by atoms with van der Waals surface area (Å²) >= 11 is 9.23. The molecule has 0 saturated carbocycles. The van der Waals surface area contributed by atoms with E-state index in [9.17, 15) is 14.4 Å². The Morgan fingerprint density at radius 2 is 1.83 bits per heavy atom. The molecule has 41 heavy (non-hydrogen) atoms. The highest BCUT2D eigenvalue weighted by Crippen LogP contribution is 2.33. The van der Waals surface area contributed by atoms with Gasteiger partial charge in [-0.05, 0) is 67.7 Å². The highest BCUT2D eigenvalue weighted by Gasteiger charge is 2.40. The maximum Gasteiger partial charge on any atom is 0.325 e. The van der Waals surface area contributed by atoms with Crippen LogP contribution >= 0.6 is 28.1 Å². The number of amides is 2. The van der Waals surface area contributed by atoms with Crippen LogP contribution in [0.4, 0.5) is 5.69 Å². The monoisotopic (exact) mass is 640 g/mol. The van der Waals surface area contributed by atoms with Crippen molar-refractivity contribution in [2.24, 2.45) is 0 Å². The van der Waals surface area contributed by atoms with Crippen LogP contribution in [0.3, 0.4) is 0 Å². The van der Waals surface area contributed by atoms with Gasteiger partial charge in [0.1, 0.15) is 24.5 Å². The molecule has 1 aromatic heterocycles. The number of morpholine rings is 1. The first-order valence-corrected chi connectivity index (χ1v) is 14.3. The molecule has 3 aromatic rings. The summed E-state index contributed by atoms with van der Waals surface area (Å²) in [5.74, 6) is -0.273. The van der Waals surface area contributed by atoms with Crippen molar-refractivity contribution >= 4 is 73.7 Å². The van der Waals surface area contributed by atoms with Gasteiger partial charge in [-0.3, -0.25) is 19.3 Å².